The predicted octanol–water partition coefficient (Wildman–Crippen LogP) is 3.47. The second-order valence-corrected chi connectivity index (χ2v) is 4.05. The smallest absolute Gasteiger partial charge is 0.189 e. The summed E-state index contributed by atoms with van der Waals surface area (Å²) in [7, 11) is 0. The number of rotatable bonds is 4. The van der Waals surface area contributed by atoms with E-state index in [4.69, 9.17) is 4.18 Å². The topological polar surface area (TPSA) is 26.3 Å². The largest absolute Gasteiger partial charge is 0.287 e. The number of hydrogen-bond donors (Lipinski definition) is 0. The Balaban J connectivity index is 0.000000921. The van der Waals surface area contributed by atoms with Crippen molar-refractivity contribution in [2.24, 2.45) is 0 Å². The summed E-state index contributed by atoms with van der Waals surface area (Å²) in [5.74, 6) is 0. The van der Waals surface area contributed by atoms with Gasteiger partial charge in [0.1, 0.15) is 0 Å². The molecule has 0 saturated carbocycles. The molecule has 0 radical (unpaired) electrons. The zero-order chi connectivity index (χ0) is 11.7. The molecule has 1 atom stereocenters. The summed E-state index contributed by atoms with van der Waals surface area (Å²) in [6, 6.07) is 7.54. The van der Waals surface area contributed by atoms with E-state index in [1.807, 2.05) is 52.0 Å². The lowest BCUT2D eigenvalue weighted by atomic mass is 10.2. The molecule has 0 saturated heterocycles. The van der Waals surface area contributed by atoms with E-state index >= 15 is 0 Å². The van der Waals surface area contributed by atoms with Crippen LogP contribution in [0.4, 0.5) is 0 Å². The predicted molar refractivity (Wildman–Crippen MR) is 65.2 cm³/mol. The minimum atomic E-state index is -1.29. The summed E-state index contributed by atoms with van der Waals surface area (Å²) >= 11 is -1.29. The fraction of sp³-hybridized carbons (Fsp3) is 0.500. The molecule has 0 heterocycles. The van der Waals surface area contributed by atoms with Gasteiger partial charge in [-0.15, -0.1) is 0 Å². The molecule has 0 aliphatic rings. The van der Waals surface area contributed by atoms with Crippen molar-refractivity contribution in [2.45, 2.75) is 39.0 Å². The Hall–Kier alpha value is -0.670. The molecule has 0 N–H and O–H groups in total. The summed E-state index contributed by atoms with van der Waals surface area (Å²) in [5.41, 5.74) is 1.16. The highest BCUT2D eigenvalue weighted by Gasteiger charge is 2.02. The highest BCUT2D eigenvalue weighted by molar-refractivity contribution is 7.80. The van der Waals surface area contributed by atoms with Crippen LogP contribution in [0.25, 0.3) is 0 Å². The van der Waals surface area contributed by atoms with Gasteiger partial charge in [0.2, 0.25) is 0 Å². The molecule has 2 nitrogen and oxygen atoms in total. The first-order chi connectivity index (χ1) is 7.24. The number of hydrogen-bond acceptors (Lipinski definition) is 2. The Bertz CT molecular complexity index is 280. The molecule has 1 rings (SSSR count). The third kappa shape index (κ3) is 5.70. The summed E-state index contributed by atoms with van der Waals surface area (Å²) in [4.78, 5) is 0.735. The van der Waals surface area contributed by atoms with Crippen LogP contribution >= 0.6 is 0 Å². The van der Waals surface area contributed by atoms with Crippen molar-refractivity contribution in [3.63, 3.8) is 0 Å². The zero-order valence-corrected chi connectivity index (χ0v) is 10.8. The third-order valence-corrected chi connectivity index (χ3v) is 2.65. The Kier molecular flexibility index (Phi) is 8.24. The molecule has 86 valence electrons. The van der Waals surface area contributed by atoms with Gasteiger partial charge in [-0.25, -0.2) is 4.21 Å². The van der Waals surface area contributed by atoms with Gasteiger partial charge in [0, 0.05) is 0 Å². The van der Waals surface area contributed by atoms with Crippen molar-refractivity contribution in [2.75, 3.05) is 6.61 Å². The van der Waals surface area contributed by atoms with Crippen LogP contribution in [0.3, 0.4) is 0 Å². The van der Waals surface area contributed by atoms with Crippen LogP contribution in [0.2, 0.25) is 0 Å². The van der Waals surface area contributed by atoms with Crippen molar-refractivity contribution >= 4 is 11.1 Å². The first-order valence-corrected chi connectivity index (χ1v) is 6.43. The van der Waals surface area contributed by atoms with Crippen LogP contribution < -0.4 is 0 Å². The molecule has 0 aromatic heterocycles. The van der Waals surface area contributed by atoms with E-state index in [1.54, 1.807) is 0 Å². The molecular weight excluding hydrogens is 208 g/mol. The van der Waals surface area contributed by atoms with Gasteiger partial charge in [-0.1, -0.05) is 38.5 Å². The van der Waals surface area contributed by atoms with Gasteiger partial charge < -0.3 is 0 Å². The first-order valence-electron chi connectivity index (χ1n) is 5.35. The Morgan fingerprint density at radius 3 is 2.20 bits per heavy atom. The minimum absolute atomic E-state index is 0.542. The van der Waals surface area contributed by atoms with Crippen molar-refractivity contribution in [3.8, 4) is 0 Å². The summed E-state index contributed by atoms with van der Waals surface area (Å²) in [5, 5.41) is 0. The van der Waals surface area contributed by atoms with Crippen LogP contribution in [-0.4, -0.2) is 10.8 Å². The van der Waals surface area contributed by atoms with E-state index in [0.29, 0.717) is 6.61 Å². The first kappa shape index (κ1) is 14.3. The van der Waals surface area contributed by atoms with Crippen LogP contribution in [0, 0.1) is 6.92 Å². The molecular formula is C12H20O2S. The Morgan fingerprint density at radius 2 is 1.73 bits per heavy atom. The van der Waals surface area contributed by atoms with Crippen LogP contribution in [0.5, 0.6) is 0 Å². The lowest BCUT2D eigenvalue weighted by molar-refractivity contribution is 0.347. The van der Waals surface area contributed by atoms with E-state index in [2.05, 4.69) is 0 Å². The average Bonchev–Trinajstić information content (AvgIpc) is 2.29. The van der Waals surface area contributed by atoms with E-state index in [0.717, 1.165) is 16.9 Å². The second kappa shape index (κ2) is 8.62. The van der Waals surface area contributed by atoms with E-state index in [9.17, 15) is 4.21 Å². The molecule has 0 spiro atoms. The van der Waals surface area contributed by atoms with Crippen molar-refractivity contribution in [3.05, 3.63) is 29.8 Å². The SMILES string of the molecule is CC.CCCOS(=O)c1ccc(C)cc1. The maximum Gasteiger partial charge on any atom is 0.189 e. The molecule has 3 heteroatoms. The normalized spacial score (nSPS) is 11.5. The van der Waals surface area contributed by atoms with E-state index in [1.165, 1.54) is 0 Å². The summed E-state index contributed by atoms with van der Waals surface area (Å²) < 4.78 is 16.5. The fourth-order valence-electron chi connectivity index (χ4n) is 0.876. The van der Waals surface area contributed by atoms with Gasteiger partial charge in [0.15, 0.2) is 11.1 Å². The molecule has 0 aliphatic heterocycles. The maximum atomic E-state index is 11.4. The highest BCUT2D eigenvalue weighted by Crippen LogP contribution is 2.09. The standard InChI is InChI=1S/C10H14O2S.C2H6/c1-3-8-12-13(11)10-6-4-9(2)5-7-10;1-2/h4-7H,3,8H2,1-2H3;1-2H3. The molecule has 1 aromatic carbocycles. The lowest BCUT2D eigenvalue weighted by Crippen LogP contribution is -1.98. The summed E-state index contributed by atoms with van der Waals surface area (Å²) in [6.07, 6.45) is 0.887. The third-order valence-electron chi connectivity index (χ3n) is 1.61. The van der Waals surface area contributed by atoms with Crippen LogP contribution in [-0.2, 0) is 15.3 Å². The molecule has 0 aliphatic carbocycles. The number of aryl methyl sites for hydroxylation is 1. The van der Waals surface area contributed by atoms with Gasteiger partial charge in [0.05, 0.1) is 11.5 Å². The quantitative estimate of drug-likeness (QED) is 0.788. The molecule has 0 amide bonds. The Labute approximate surface area is 95.3 Å². The van der Waals surface area contributed by atoms with Gasteiger partial charge in [-0.2, -0.15) is 0 Å². The van der Waals surface area contributed by atoms with Crippen LogP contribution in [0.1, 0.15) is 32.8 Å². The molecule has 0 bridgehead atoms. The zero-order valence-electron chi connectivity index (χ0n) is 9.95. The highest BCUT2D eigenvalue weighted by atomic mass is 32.2. The maximum absolute atomic E-state index is 11.4. The van der Waals surface area contributed by atoms with Gasteiger partial charge in [-0.3, -0.25) is 4.18 Å². The minimum Gasteiger partial charge on any atom is -0.287 e. The van der Waals surface area contributed by atoms with E-state index in [-0.39, 0.29) is 0 Å². The monoisotopic (exact) mass is 228 g/mol. The molecule has 1 aromatic rings. The average molecular weight is 228 g/mol. The molecule has 15 heavy (non-hydrogen) atoms. The van der Waals surface area contributed by atoms with Crippen molar-refractivity contribution in [1.29, 1.82) is 0 Å². The van der Waals surface area contributed by atoms with Gasteiger partial charge in [-0.05, 0) is 25.5 Å². The lowest BCUT2D eigenvalue weighted by Gasteiger charge is -2.01. The van der Waals surface area contributed by atoms with Crippen molar-refractivity contribution < 1.29 is 8.39 Å². The number of benzene rings is 1. The van der Waals surface area contributed by atoms with Crippen LogP contribution in [0.15, 0.2) is 29.2 Å². The molecule has 1 unspecified atom stereocenters. The van der Waals surface area contributed by atoms with E-state index < -0.39 is 11.1 Å². The molecule has 0 fully saturated rings. The fourth-order valence-corrected chi connectivity index (χ4v) is 1.69. The van der Waals surface area contributed by atoms with Gasteiger partial charge >= 0.3 is 0 Å². The second-order valence-electron chi connectivity index (χ2n) is 2.87. The Morgan fingerprint density at radius 1 is 1.20 bits per heavy atom. The summed E-state index contributed by atoms with van der Waals surface area (Å²) in [6.45, 7) is 8.53. The van der Waals surface area contributed by atoms with Gasteiger partial charge in [0.25, 0.3) is 0 Å². The van der Waals surface area contributed by atoms with Crippen molar-refractivity contribution in [1.82, 2.24) is 0 Å².